The number of nitrogens with zero attached hydrogens (tertiary/aromatic N) is 2. The van der Waals surface area contributed by atoms with Gasteiger partial charge in [-0.2, -0.15) is 5.10 Å². The van der Waals surface area contributed by atoms with Crippen LogP contribution in [0.15, 0.2) is 6.20 Å². The molecule has 0 aromatic carbocycles. The van der Waals surface area contributed by atoms with E-state index in [1.54, 1.807) is 20.4 Å². The minimum Gasteiger partial charge on any atom is -0.493 e. The molecule has 116 valence electrons. The first-order valence-electron chi connectivity index (χ1n) is 7.10. The molecule has 0 saturated carbocycles. The first-order chi connectivity index (χ1) is 9.74. The Balaban J connectivity index is 2.60. The summed E-state index contributed by atoms with van der Waals surface area (Å²) in [5.74, 6) is 0.818. The van der Waals surface area contributed by atoms with Crippen LogP contribution < -0.4 is 10.1 Å². The summed E-state index contributed by atoms with van der Waals surface area (Å²) in [7, 11) is 5.28. The highest BCUT2D eigenvalue weighted by Gasteiger charge is 2.19. The molecule has 0 fully saturated rings. The summed E-state index contributed by atoms with van der Waals surface area (Å²) >= 11 is 0. The van der Waals surface area contributed by atoms with Crippen molar-refractivity contribution in [1.29, 1.82) is 0 Å². The van der Waals surface area contributed by atoms with E-state index in [0.717, 1.165) is 30.8 Å². The van der Waals surface area contributed by atoms with Crippen LogP contribution in [-0.4, -0.2) is 50.4 Å². The van der Waals surface area contributed by atoms with Crippen LogP contribution in [-0.2, 0) is 16.5 Å². The van der Waals surface area contributed by atoms with Gasteiger partial charge in [0, 0.05) is 20.8 Å². The second-order valence-corrected chi connectivity index (χ2v) is 4.62. The lowest BCUT2D eigenvalue weighted by Gasteiger charge is -2.20. The van der Waals surface area contributed by atoms with Gasteiger partial charge in [0.2, 0.25) is 0 Å². The molecule has 1 rings (SSSR count). The maximum absolute atomic E-state index is 5.56. The molecule has 1 aromatic heterocycles. The standard InChI is InChI=1S/C14H27N3O3/c1-5-7-15-12(6-8-20-10-9-18-3)14-13(19-4)11-16-17(14)2/h11-12,15H,5-10H2,1-4H3. The molecular weight excluding hydrogens is 258 g/mol. The molecular formula is C14H27N3O3. The summed E-state index contributed by atoms with van der Waals surface area (Å²) in [6.45, 7) is 5.04. The van der Waals surface area contributed by atoms with Crippen molar-refractivity contribution in [3.63, 3.8) is 0 Å². The quantitative estimate of drug-likeness (QED) is 0.625. The molecule has 0 aliphatic heterocycles. The molecule has 0 amide bonds. The van der Waals surface area contributed by atoms with Gasteiger partial charge in [-0.15, -0.1) is 0 Å². The number of hydrogen-bond acceptors (Lipinski definition) is 5. The van der Waals surface area contributed by atoms with Gasteiger partial charge in [-0.1, -0.05) is 6.92 Å². The van der Waals surface area contributed by atoms with Gasteiger partial charge in [-0.3, -0.25) is 4.68 Å². The molecule has 6 nitrogen and oxygen atoms in total. The van der Waals surface area contributed by atoms with Crippen molar-refractivity contribution in [3.8, 4) is 5.75 Å². The van der Waals surface area contributed by atoms with Crippen LogP contribution in [0.4, 0.5) is 0 Å². The minimum absolute atomic E-state index is 0.181. The highest BCUT2D eigenvalue weighted by Crippen LogP contribution is 2.26. The molecule has 0 radical (unpaired) electrons. The van der Waals surface area contributed by atoms with Crippen LogP contribution in [0.2, 0.25) is 0 Å². The third kappa shape index (κ3) is 5.11. The molecule has 1 N–H and O–H groups in total. The lowest BCUT2D eigenvalue weighted by molar-refractivity contribution is 0.0653. The van der Waals surface area contributed by atoms with Crippen molar-refractivity contribution in [1.82, 2.24) is 15.1 Å². The van der Waals surface area contributed by atoms with E-state index in [9.17, 15) is 0 Å². The van der Waals surface area contributed by atoms with Crippen LogP contribution >= 0.6 is 0 Å². The molecule has 1 heterocycles. The molecule has 0 spiro atoms. The van der Waals surface area contributed by atoms with Crippen molar-refractivity contribution in [2.24, 2.45) is 7.05 Å². The van der Waals surface area contributed by atoms with Gasteiger partial charge in [-0.25, -0.2) is 0 Å². The summed E-state index contributed by atoms with van der Waals surface area (Å²) in [4.78, 5) is 0. The summed E-state index contributed by atoms with van der Waals surface area (Å²) < 4.78 is 17.8. The number of rotatable bonds is 11. The van der Waals surface area contributed by atoms with Crippen LogP contribution in [0.3, 0.4) is 0 Å². The van der Waals surface area contributed by atoms with E-state index < -0.39 is 0 Å². The van der Waals surface area contributed by atoms with Gasteiger partial charge in [0.1, 0.15) is 0 Å². The third-order valence-corrected chi connectivity index (χ3v) is 3.12. The zero-order chi connectivity index (χ0) is 14.8. The lowest BCUT2D eigenvalue weighted by atomic mass is 10.1. The van der Waals surface area contributed by atoms with Crippen molar-refractivity contribution >= 4 is 0 Å². The average molecular weight is 285 g/mol. The normalized spacial score (nSPS) is 12.6. The molecule has 1 unspecified atom stereocenters. The number of methoxy groups -OCH3 is 2. The Bertz CT molecular complexity index is 369. The van der Waals surface area contributed by atoms with E-state index in [0.29, 0.717) is 19.8 Å². The Morgan fingerprint density at radius 2 is 2.10 bits per heavy atom. The van der Waals surface area contributed by atoms with Crippen LogP contribution in [0.25, 0.3) is 0 Å². The Morgan fingerprint density at radius 3 is 2.75 bits per heavy atom. The first-order valence-corrected chi connectivity index (χ1v) is 7.10. The van der Waals surface area contributed by atoms with E-state index in [1.807, 2.05) is 11.7 Å². The van der Waals surface area contributed by atoms with Crippen molar-refractivity contribution < 1.29 is 14.2 Å². The molecule has 20 heavy (non-hydrogen) atoms. The van der Waals surface area contributed by atoms with E-state index in [4.69, 9.17) is 14.2 Å². The maximum Gasteiger partial charge on any atom is 0.161 e. The summed E-state index contributed by atoms with van der Waals surface area (Å²) in [6.07, 6.45) is 3.71. The second kappa shape index (κ2) is 9.74. The number of ether oxygens (including phenoxy) is 3. The van der Waals surface area contributed by atoms with Crippen molar-refractivity contribution in [3.05, 3.63) is 11.9 Å². The third-order valence-electron chi connectivity index (χ3n) is 3.12. The fraction of sp³-hybridized carbons (Fsp3) is 0.786. The predicted molar refractivity (Wildman–Crippen MR) is 78.1 cm³/mol. The van der Waals surface area contributed by atoms with Gasteiger partial charge in [-0.05, 0) is 19.4 Å². The second-order valence-electron chi connectivity index (χ2n) is 4.62. The summed E-state index contributed by atoms with van der Waals surface area (Å²) in [5, 5.41) is 7.79. The number of aryl methyl sites for hydroxylation is 1. The zero-order valence-corrected chi connectivity index (χ0v) is 13.0. The van der Waals surface area contributed by atoms with Gasteiger partial charge in [0.05, 0.1) is 38.3 Å². The molecule has 0 aliphatic carbocycles. The predicted octanol–water partition coefficient (Wildman–Crippen LogP) is 1.52. The fourth-order valence-electron chi connectivity index (χ4n) is 2.08. The van der Waals surface area contributed by atoms with E-state index in [1.165, 1.54) is 0 Å². The van der Waals surface area contributed by atoms with Gasteiger partial charge in [0.15, 0.2) is 5.75 Å². The Labute approximate surface area is 121 Å². The number of nitrogens with one attached hydrogen (secondary N) is 1. The zero-order valence-electron chi connectivity index (χ0n) is 13.0. The van der Waals surface area contributed by atoms with Crippen molar-refractivity contribution in [2.75, 3.05) is 40.6 Å². The van der Waals surface area contributed by atoms with Crippen LogP contribution in [0, 0.1) is 0 Å². The Hall–Kier alpha value is -1.11. The number of aromatic nitrogens is 2. The van der Waals surface area contributed by atoms with Gasteiger partial charge < -0.3 is 19.5 Å². The highest BCUT2D eigenvalue weighted by molar-refractivity contribution is 5.28. The molecule has 0 bridgehead atoms. The van der Waals surface area contributed by atoms with E-state index in [2.05, 4.69) is 17.3 Å². The van der Waals surface area contributed by atoms with Crippen molar-refractivity contribution in [2.45, 2.75) is 25.8 Å². The molecule has 6 heteroatoms. The van der Waals surface area contributed by atoms with Gasteiger partial charge >= 0.3 is 0 Å². The monoisotopic (exact) mass is 285 g/mol. The summed E-state index contributed by atoms with van der Waals surface area (Å²) in [6, 6.07) is 0.181. The highest BCUT2D eigenvalue weighted by atomic mass is 16.5. The SMILES string of the molecule is CCCNC(CCOCCOC)c1c(OC)cnn1C. The number of hydrogen-bond donors (Lipinski definition) is 1. The topological polar surface area (TPSA) is 57.5 Å². The van der Waals surface area contributed by atoms with Gasteiger partial charge in [0.25, 0.3) is 0 Å². The molecule has 0 aliphatic rings. The van der Waals surface area contributed by atoms with Crippen LogP contribution in [0.1, 0.15) is 31.5 Å². The average Bonchev–Trinajstić information content (AvgIpc) is 2.83. The first kappa shape index (κ1) is 16.9. The largest absolute Gasteiger partial charge is 0.493 e. The van der Waals surface area contributed by atoms with Crippen LogP contribution in [0.5, 0.6) is 5.75 Å². The fourth-order valence-corrected chi connectivity index (χ4v) is 2.08. The molecule has 1 atom stereocenters. The maximum atomic E-state index is 5.56. The van der Waals surface area contributed by atoms with E-state index in [-0.39, 0.29) is 6.04 Å². The van der Waals surface area contributed by atoms with E-state index >= 15 is 0 Å². The smallest absolute Gasteiger partial charge is 0.161 e. The Kier molecular flexibility index (Phi) is 8.25. The summed E-state index contributed by atoms with van der Waals surface area (Å²) in [5.41, 5.74) is 1.07. The Morgan fingerprint density at radius 1 is 1.30 bits per heavy atom. The lowest BCUT2D eigenvalue weighted by Crippen LogP contribution is -2.26. The minimum atomic E-state index is 0.181. The molecule has 1 aromatic rings. The molecule has 0 saturated heterocycles.